The number of carbonyl (C=O) groups excluding carboxylic acids is 1. The summed E-state index contributed by atoms with van der Waals surface area (Å²) in [6, 6.07) is 16.2. The fourth-order valence-corrected chi connectivity index (χ4v) is 3.65. The Morgan fingerprint density at radius 2 is 2.00 bits per heavy atom. The molecule has 28 heavy (non-hydrogen) atoms. The second-order valence-electron chi connectivity index (χ2n) is 7.30. The van der Waals surface area contributed by atoms with Gasteiger partial charge in [-0.15, -0.1) is 0 Å². The van der Waals surface area contributed by atoms with E-state index in [0.29, 0.717) is 24.8 Å². The third-order valence-electron chi connectivity index (χ3n) is 5.26. The van der Waals surface area contributed by atoms with Crippen molar-refractivity contribution in [3.8, 4) is 11.3 Å². The van der Waals surface area contributed by atoms with Crippen molar-refractivity contribution in [3.05, 3.63) is 72.2 Å². The third-order valence-corrected chi connectivity index (χ3v) is 5.26. The molecule has 3 heterocycles. The third kappa shape index (κ3) is 4.28. The van der Waals surface area contributed by atoms with Gasteiger partial charge in [0.05, 0.1) is 13.1 Å². The van der Waals surface area contributed by atoms with Gasteiger partial charge in [0.15, 0.2) is 5.76 Å². The average molecular weight is 376 g/mol. The van der Waals surface area contributed by atoms with Gasteiger partial charge in [-0.1, -0.05) is 35.5 Å². The van der Waals surface area contributed by atoms with Gasteiger partial charge in [-0.2, -0.15) is 0 Å². The fraction of sp³-hybridized carbons (Fsp3) is 0.318. The summed E-state index contributed by atoms with van der Waals surface area (Å²) in [5.41, 5.74) is 3.06. The highest BCUT2D eigenvalue weighted by Crippen LogP contribution is 2.26. The molecule has 1 aromatic carbocycles. The molecule has 1 fully saturated rings. The Morgan fingerprint density at radius 1 is 1.21 bits per heavy atom. The first-order valence-electron chi connectivity index (χ1n) is 9.56. The maximum atomic E-state index is 12.6. The zero-order chi connectivity index (χ0) is 19.3. The van der Waals surface area contributed by atoms with Crippen LogP contribution in [0.2, 0.25) is 0 Å². The van der Waals surface area contributed by atoms with E-state index in [-0.39, 0.29) is 5.91 Å². The van der Waals surface area contributed by atoms with Crippen LogP contribution in [0, 0.1) is 0 Å². The molecule has 0 aliphatic carbocycles. The number of nitrogens with zero attached hydrogens (tertiary/aromatic N) is 4. The van der Waals surface area contributed by atoms with Gasteiger partial charge >= 0.3 is 0 Å². The minimum atomic E-state index is 0.0931. The van der Waals surface area contributed by atoms with Crippen LogP contribution < -0.4 is 0 Å². The molecule has 0 spiro atoms. The number of rotatable bonds is 6. The summed E-state index contributed by atoms with van der Waals surface area (Å²) < 4.78 is 5.41. The summed E-state index contributed by atoms with van der Waals surface area (Å²) in [7, 11) is 1.81. The Morgan fingerprint density at radius 3 is 2.79 bits per heavy atom. The molecule has 4 rings (SSSR count). The predicted octanol–water partition coefficient (Wildman–Crippen LogP) is 3.18. The summed E-state index contributed by atoms with van der Waals surface area (Å²) in [6.45, 7) is 2.73. The van der Waals surface area contributed by atoms with Crippen LogP contribution in [0.1, 0.15) is 23.7 Å². The van der Waals surface area contributed by atoms with Crippen LogP contribution in [0.5, 0.6) is 0 Å². The first kappa shape index (κ1) is 18.4. The fourth-order valence-electron chi connectivity index (χ4n) is 3.65. The van der Waals surface area contributed by atoms with Gasteiger partial charge in [0.25, 0.3) is 0 Å². The van der Waals surface area contributed by atoms with Crippen LogP contribution >= 0.6 is 0 Å². The second kappa shape index (κ2) is 8.35. The number of hydrogen-bond acceptors (Lipinski definition) is 5. The van der Waals surface area contributed by atoms with Crippen molar-refractivity contribution >= 4 is 5.91 Å². The number of likely N-dealkylation sites (tertiary alicyclic amines) is 1. The van der Waals surface area contributed by atoms with Gasteiger partial charge in [0.2, 0.25) is 5.91 Å². The summed E-state index contributed by atoms with van der Waals surface area (Å²) in [4.78, 5) is 20.6. The van der Waals surface area contributed by atoms with Crippen molar-refractivity contribution in [2.75, 3.05) is 26.7 Å². The van der Waals surface area contributed by atoms with Crippen molar-refractivity contribution in [1.82, 2.24) is 19.9 Å². The molecule has 6 nitrogen and oxygen atoms in total. The predicted molar refractivity (Wildman–Crippen MR) is 106 cm³/mol. The van der Waals surface area contributed by atoms with Crippen molar-refractivity contribution in [2.45, 2.75) is 18.9 Å². The van der Waals surface area contributed by atoms with Crippen molar-refractivity contribution < 1.29 is 9.32 Å². The molecule has 6 heteroatoms. The average Bonchev–Trinajstić information content (AvgIpc) is 3.39. The van der Waals surface area contributed by atoms with E-state index < -0.39 is 0 Å². The Bertz CT molecular complexity index is 911. The van der Waals surface area contributed by atoms with Gasteiger partial charge in [0.1, 0.15) is 5.69 Å². The normalized spacial score (nSPS) is 17.0. The topological polar surface area (TPSA) is 62.5 Å². The lowest BCUT2D eigenvalue weighted by Gasteiger charge is -2.20. The number of hydrogen-bond donors (Lipinski definition) is 0. The molecule has 144 valence electrons. The molecule has 0 N–H and O–H groups in total. The van der Waals surface area contributed by atoms with E-state index >= 15 is 0 Å². The molecule has 0 bridgehead atoms. The summed E-state index contributed by atoms with van der Waals surface area (Å²) in [5.74, 6) is 1.28. The maximum absolute atomic E-state index is 12.6. The van der Waals surface area contributed by atoms with Crippen LogP contribution in [0.25, 0.3) is 11.3 Å². The molecule has 1 aliphatic heterocycles. The number of benzene rings is 1. The van der Waals surface area contributed by atoms with E-state index in [4.69, 9.17) is 4.52 Å². The molecule has 3 aromatic rings. The Kier molecular flexibility index (Phi) is 5.48. The van der Waals surface area contributed by atoms with Gasteiger partial charge in [-0.25, -0.2) is 0 Å². The Labute approximate surface area is 164 Å². The highest BCUT2D eigenvalue weighted by atomic mass is 16.5. The van der Waals surface area contributed by atoms with Crippen LogP contribution in [-0.4, -0.2) is 52.5 Å². The van der Waals surface area contributed by atoms with Crippen LogP contribution in [0.3, 0.4) is 0 Å². The van der Waals surface area contributed by atoms with E-state index in [9.17, 15) is 4.79 Å². The molecular formula is C22H24N4O2. The highest BCUT2D eigenvalue weighted by molar-refractivity contribution is 5.78. The lowest BCUT2D eigenvalue weighted by molar-refractivity contribution is -0.131. The van der Waals surface area contributed by atoms with Crippen molar-refractivity contribution in [3.63, 3.8) is 0 Å². The van der Waals surface area contributed by atoms with Gasteiger partial charge < -0.3 is 9.42 Å². The number of carbonyl (C=O) groups is 1. The van der Waals surface area contributed by atoms with E-state index in [0.717, 1.165) is 30.8 Å². The monoisotopic (exact) mass is 376 g/mol. The van der Waals surface area contributed by atoms with E-state index in [1.807, 2.05) is 31.3 Å². The van der Waals surface area contributed by atoms with Crippen LogP contribution in [0.15, 0.2) is 65.4 Å². The molecular weight excluding hydrogens is 352 g/mol. The largest absolute Gasteiger partial charge is 0.359 e. The minimum absolute atomic E-state index is 0.0931. The molecule has 1 aliphatic rings. The lowest BCUT2D eigenvalue weighted by atomic mass is 9.99. The first-order chi connectivity index (χ1) is 13.7. The number of aromatic nitrogens is 2. The van der Waals surface area contributed by atoms with Crippen molar-refractivity contribution in [1.29, 1.82) is 0 Å². The first-order valence-corrected chi connectivity index (χ1v) is 9.56. The summed E-state index contributed by atoms with van der Waals surface area (Å²) in [6.07, 6.45) is 4.54. The highest BCUT2D eigenvalue weighted by Gasteiger charge is 2.26. The smallest absolute Gasteiger partial charge is 0.236 e. The van der Waals surface area contributed by atoms with E-state index in [1.54, 1.807) is 17.3 Å². The zero-order valence-corrected chi connectivity index (χ0v) is 16.0. The summed E-state index contributed by atoms with van der Waals surface area (Å²) in [5, 5.41) is 4.09. The van der Waals surface area contributed by atoms with Crippen LogP contribution in [0.4, 0.5) is 0 Å². The minimum Gasteiger partial charge on any atom is -0.359 e. The summed E-state index contributed by atoms with van der Waals surface area (Å²) >= 11 is 0. The Balaban J connectivity index is 1.30. The second-order valence-corrected chi connectivity index (χ2v) is 7.30. The standard InChI is InChI=1S/C22H24N4O2/c1-25(15-20-13-21(24-28-20)18-7-10-23-11-8-18)22(27)16-26-12-9-19(14-26)17-5-3-2-4-6-17/h2-8,10-11,13,19H,9,12,14-16H2,1H3/t19-/m1/s1. The van der Waals surface area contributed by atoms with Gasteiger partial charge in [-0.05, 0) is 36.6 Å². The Hall–Kier alpha value is -2.99. The van der Waals surface area contributed by atoms with E-state index in [1.165, 1.54) is 5.56 Å². The van der Waals surface area contributed by atoms with E-state index in [2.05, 4.69) is 39.3 Å². The van der Waals surface area contributed by atoms with Gasteiger partial charge in [0, 0.05) is 37.6 Å². The van der Waals surface area contributed by atoms with Crippen molar-refractivity contribution in [2.24, 2.45) is 0 Å². The molecule has 0 radical (unpaired) electrons. The van der Waals surface area contributed by atoms with Crippen LogP contribution in [-0.2, 0) is 11.3 Å². The molecule has 0 saturated carbocycles. The SMILES string of the molecule is CN(Cc1cc(-c2ccncc2)no1)C(=O)CN1CC[C@@H](c2ccccc2)C1. The van der Waals surface area contributed by atoms with Gasteiger partial charge in [-0.3, -0.25) is 14.7 Å². The molecule has 0 unspecified atom stereocenters. The molecule has 1 amide bonds. The molecule has 1 atom stereocenters. The number of amides is 1. The quantitative estimate of drug-likeness (QED) is 0.661. The number of likely N-dealkylation sites (N-methyl/N-ethyl adjacent to an activating group) is 1. The maximum Gasteiger partial charge on any atom is 0.236 e. The molecule has 2 aromatic heterocycles. The lowest BCUT2D eigenvalue weighted by Crippen LogP contribution is -2.37. The zero-order valence-electron chi connectivity index (χ0n) is 16.0. The number of pyridine rings is 1. The molecule has 1 saturated heterocycles.